The van der Waals surface area contributed by atoms with Gasteiger partial charge in [0.15, 0.2) is 5.17 Å². The standard InChI is InChI=1S/C15H13ClN2O2/c1-20-13-10-6-5-9-12(13)17-18-15(16)14(19)11-7-3-2-4-8-11/h2-10,17H,1H3. The second-order valence-electron chi connectivity index (χ2n) is 3.91. The van der Waals surface area contributed by atoms with E-state index in [9.17, 15) is 4.79 Å². The lowest BCUT2D eigenvalue weighted by Gasteiger charge is -2.07. The number of para-hydroxylation sites is 2. The lowest BCUT2D eigenvalue weighted by Crippen LogP contribution is -2.10. The first-order chi connectivity index (χ1) is 9.72. The molecule has 0 spiro atoms. The summed E-state index contributed by atoms with van der Waals surface area (Å²) in [5, 5.41) is 3.74. The average Bonchev–Trinajstić information content (AvgIpc) is 2.53. The summed E-state index contributed by atoms with van der Waals surface area (Å²) in [6.45, 7) is 0. The molecule has 0 fully saturated rings. The summed E-state index contributed by atoms with van der Waals surface area (Å²) in [4.78, 5) is 12.0. The monoisotopic (exact) mass is 288 g/mol. The molecule has 0 amide bonds. The highest BCUT2D eigenvalue weighted by Crippen LogP contribution is 2.23. The summed E-state index contributed by atoms with van der Waals surface area (Å²) in [6.07, 6.45) is 0. The van der Waals surface area contributed by atoms with Crippen LogP contribution in [0.1, 0.15) is 10.4 Å². The van der Waals surface area contributed by atoms with Crippen molar-refractivity contribution in [2.75, 3.05) is 12.5 Å². The fourth-order valence-corrected chi connectivity index (χ4v) is 1.76. The van der Waals surface area contributed by atoms with Gasteiger partial charge in [0.1, 0.15) is 5.75 Å². The van der Waals surface area contributed by atoms with E-state index < -0.39 is 0 Å². The van der Waals surface area contributed by atoms with Crippen molar-refractivity contribution in [3.63, 3.8) is 0 Å². The summed E-state index contributed by atoms with van der Waals surface area (Å²) in [5.41, 5.74) is 3.85. The van der Waals surface area contributed by atoms with E-state index in [2.05, 4.69) is 10.5 Å². The van der Waals surface area contributed by atoms with Gasteiger partial charge in [0.25, 0.3) is 0 Å². The van der Waals surface area contributed by atoms with Gasteiger partial charge in [-0.15, -0.1) is 0 Å². The summed E-state index contributed by atoms with van der Waals surface area (Å²) < 4.78 is 5.16. The Morgan fingerprint density at radius 1 is 1.10 bits per heavy atom. The maximum atomic E-state index is 12.0. The Balaban J connectivity index is 2.13. The summed E-state index contributed by atoms with van der Waals surface area (Å²) >= 11 is 5.91. The number of hydrogen-bond donors (Lipinski definition) is 1. The van der Waals surface area contributed by atoms with Crippen LogP contribution in [0.2, 0.25) is 0 Å². The largest absolute Gasteiger partial charge is 0.495 e. The topological polar surface area (TPSA) is 50.7 Å². The van der Waals surface area contributed by atoms with Crippen LogP contribution >= 0.6 is 11.6 Å². The number of hydrogen-bond acceptors (Lipinski definition) is 4. The minimum Gasteiger partial charge on any atom is -0.495 e. The molecule has 0 atom stereocenters. The van der Waals surface area contributed by atoms with Crippen LogP contribution in [-0.4, -0.2) is 18.1 Å². The molecule has 4 nitrogen and oxygen atoms in total. The fourth-order valence-electron chi connectivity index (χ4n) is 1.61. The van der Waals surface area contributed by atoms with Gasteiger partial charge in [-0.1, -0.05) is 54.1 Å². The van der Waals surface area contributed by atoms with Crippen molar-refractivity contribution in [1.82, 2.24) is 0 Å². The molecule has 0 unspecified atom stereocenters. The molecular formula is C15H13ClN2O2. The third-order valence-electron chi connectivity index (χ3n) is 2.60. The smallest absolute Gasteiger partial charge is 0.224 e. The molecule has 1 N–H and O–H groups in total. The van der Waals surface area contributed by atoms with Crippen molar-refractivity contribution in [2.24, 2.45) is 5.10 Å². The summed E-state index contributed by atoms with van der Waals surface area (Å²) in [5.74, 6) is 0.280. The van der Waals surface area contributed by atoms with Crippen LogP contribution in [0.25, 0.3) is 0 Å². The van der Waals surface area contributed by atoms with Crippen molar-refractivity contribution in [2.45, 2.75) is 0 Å². The molecule has 0 aromatic heterocycles. The zero-order chi connectivity index (χ0) is 14.4. The van der Waals surface area contributed by atoms with E-state index in [1.807, 2.05) is 18.2 Å². The van der Waals surface area contributed by atoms with E-state index in [1.165, 1.54) is 0 Å². The number of halogens is 1. The molecule has 0 saturated carbocycles. The van der Waals surface area contributed by atoms with Crippen LogP contribution < -0.4 is 10.2 Å². The van der Waals surface area contributed by atoms with Gasteiger partial charge in [-0.3, -0.25) is 10.2 Å². The average molecular weight is 289 g/mol. The minimum absolute atomic E-state index is 0.137. The van der Waals surface area contributed by atoms with Crippen LogP contribution in [0.5, 0.6) is 5.75 Å². The third-order valence-corrected chi connectivity index (χ3v) is 2.86. The quantitative estimate of drug-likeness (QED) is 0.520. The Kier molecular flexibility index (Phi) is 4.74. The zero-order valence-electron chi connectivity index (χ0n) is 10.8. The normalized spacial score (nSPS) is 11.0. The third kappa shape index (κ3) is 3.36. The van der Waals surface area contributed by atoms with Gasteiger partial charge < -0.3 is 4.74 Å². The second-order valence-corrected chi connectivity index (χ2v) is 4.27. The lowest BCUT2D eigenvalue weighted by molar-refractivity contribution is 0.106. The fraction of sp³-hybridized carbons (Fsp3) is 0.0667. The van der Waals surface area contributed by atoms with E-state index in [1.54, 1.807) is 43.5 Å². The number of ether oxygens (including phenoxy) is 1. The molecule has 0 aliphatic rings. The predicted molar refractivity (Wildman–Crippen MR) is 80.7 cm³/mol. The van der Waals surface area contributed by atoms with Crippen LogP contribution in [-0.2, 0) is 0 Å². The number of ketones is 1. The van der Waals surface area contributed by atoms with Gasteiger partial charge in [0, 0.05) is 5.56 Å². The van der Waals surface area contributed by atoms with E-state index in [4.69, 9.17) is 16.3 Å². The molecular weight excluding hydrogens is 276 g/mol. The number of methoxy groups -OCH3 is 1. The Morgan fingerprint density at radius 2 is 1.75 bits per heavy atom. The van der Waals surface area contributed by atoms with Crippen LogP contribution in [0.15, 0.2) is 59.7 Å². The van der Waals surface area contributed by atoms with E-state index in [0.717, 1.165) is 0 Å². The molecule has 20 heavy (non-hydrogen) atoms. The lowest BCUT2D eigenvalue weighted by atomic mass is 10.1. The molecule has 2 rings (SSSR count). The second kappa shape index (κ2) is 6.73. The maximum Gasteiger partial charge on any atom is 0.224 e. The number of nitrogens with one attached hydrogen (secondary N) is 1. The molecule has 0 bridgehead atoms. The van der Waals surface area contributed by atoms with Gasteiger partial charge in [0.05, 0.1) is 12.8 Å². The number of hydrazone groups is 1. The van der Waals surface area contributed by atoms with Crippen molar-refractivity contribution in [3.05, 3.63) is 60.2 Å². The van der Waals surface area contributed by atoms with Crippen LogP contribution in [0, 0.1) is 0 Å². The Bertz CT molecular complexity index is 627. The highest BCUT2D eigenvalue weighted by molar-refractivity contribution is 6.85. The van der Waals surface area contributed by atoms with Crippen molar-refractivity contribution >= 4 is 28.2 Å². The number of rotatable bonds is 5. The molecule has 5 heteroatoms. The van der Waals surface area contributed by atoms with Gasteiger partial charge in [0.2, 0.25) is 5.78 Å². The van der Waals surface area contributed by atoms with Crippen LogP contribution in [0.4, 0.5) is 5.69 Å². The van der Waals surface area contributed by atoms with Gasteiger partial charge in [-0.05, 0) is 12.1 Å². The van der Waals surface area contributed by atoms with Crippen molar-refractivity contribution in [1.29, 1.82) is 0 Å². The molecule has 0 aliphatic heterocycles. The molecule has 0 aliphatic carbocycles. The molecule has 2 aromatic rings. The van der Waals surface area contributed by atoms with Crippen molar-refractivity contribution < 1.29 is 9.53 Å². The van der Waals surface area contributed by atoms with Gasteiger partial charge in [-0.25, -0.2) is 0 Å². The molecule has 2 aromatic carbocycles. The maximum absolute atomic E-state index is 12.0. The molecule has 102 valence electrons. The van der Waals surface area contributed by atoms with Crippen LogP contribution in [0.3, 0.4) is 0 Å². The Morgan fingerprint density at radius 3 is 2.45 bits per heavy atom. The Labute approximate surface area is 122 Å². The summed E-state index contributed by atoms with van der Waals surface area (Å²) in [7, 11) is 1.56. The SMILES string of the molecule is COc1ccccc1NN=C(Cl)C(=O)c1ccccc1. The number of carbonyl (C=O) groups is 1. The Hall–Kier alpha value is -2.33. The first-order valence-corrected chi connectivity index (χ1v) is 6.32. The predicted octanol–water partition coefficient (Wildman–Crippen LogP) is 3.54. The zero-order valence-corrected chi connectivity index (χ0v) is 11.6. The van der Waals surface area contributed by atoms with E-state index in [-0.39, 0.29) is 11.0 Å². The first kappa shape index (κ1) is 14.1. The number of anilines is 1. The van der Waals surface area contributed by atoms with Gasteiger partial charge in [-0.2, -0.15) is 5.10 Å². The van der Waals surface area contributed by atoms with E-state index in [0.29, 0.717) is 17.0 Å². The number of Topliss-reactive ketones (excluding diaryl/α,β-unsaturated/α-hetero) is 1. The molecule has 0 radical (unpaired) electrons. The molecule has 0 saturated heterocycles. The number of benzene rings is 2. The van der Waals surface area contributed by atoms with Crippen molar-refractivity contribution in [3.8, 4) is 5.75 Å². The van der Waals surface area contributed by atoms with E-state index >= 15 is 0 Å². The minimum atomic E-state index is -0.338. The highest BCUT2D eigenvalue weighted by atomic mass is 35.5. The summed E-state index contributed by atoms with van der Waals surface area (Å²) in [6, 6.07) is 16.0. The first-order valence-electron chi connectivity index (χ1n) is 5.94. The molecule has 0 heterocycles. The number of nitrogens with zero attached hydrogens (tertiary/aromatic N) is 1. The van der Waals surface area contributed by atoms with Gasteiger partial charge >= 0.3 is 0 Å². The highest BCUT2D eigenvalue weighted by Gasteiger charge is 2.11. The number of carbonyl (C=O) groups excluding carboxylic acids is 1.